The number of hydrogen-bond acceptors (Lipinski definition) is 5. The molecule has 0 radical (unpaired) electrons. The molecule has 0 aliphatic heterocycles. The highest BCUT2D eigenvalue weighted by Gasteiger charge is 2.08. The molecule has 0 bridgehead atoms. The van der Waals surface area contributed by atoms with E-state index < -0.39 is 9.84 Å². The standard InChI is InChI=1S/C15H18N2O3S/c1-3-14(16)15-9-6-12(10-17-15)20-11-4-7-13(8-5-11)21(2,18)19/h4-10,14H,3,16H2,1-2H3/t14-/m0/s1. The summed E-state index contributed by atoms with van der Waals surface area (Å²) in [6.45, 7) is 2.00. The summed E-state index contributed by atoms with van der Waals surface area (Å²) >= 11 is 0. The molecule has 0 unspecified atom stereocenters. The van der Waals surface area contributed by atoms with E-state index in [2.05, 4.69) is 4.98 Å². The first-order valence-corrected chi connectivity index (χ1v) is 8.49. The van der Waals surface area contributed by atoms with Crippen LogP contribution in [0.3, 0.4) is 0 Å². The number of nitrogens with two attached hydrogens (primary N) is 1. The lowest BCUT2D eigenvalue weighted by atomic mass is 10.1. The van der Waals surface area contributed by atoms with Crippen molar-refractivity contribution in [2.75, 3.05) is 6.26 Å². The lowest BCUT2D eigenvalue weighted by Gasteiger charge is -2.10. The van der Waals surface area contributed by atoms with Crippen LogP contribution in [0.4, 0.5) is 0 Å². The monoisotopic (exact) mass is 306 g/mol. The van der Waals surface area contributed by atoms with Crippen LogP contribution in [0.1, 0.15) is 25.1 Å². The maximum absolute atomic E-state index is 11.4. The van der Waals surface area contributed by atoms with Crippen LogP contribution in [0, 0.1) is 0 Å². The molecule has 2 N–H and O–H groups in total. The van der Waals surface area contributed by atoms with Crippen LogP contribution in [-0.2, 0) is 9.84 Å². The highest BCUT2D eigenvalue weighted by Crippen LogP contribution is 2.23. The largest absolute Gasteiger partial charge is 0.456 e. The zero-order valence-electron chi connectivity index (χ0n) is 12.0. The van der Waals surface area contributed by atoms with Gasteiger partial charge in [-0.15, -0.1) is 0 Å². The van der Waals surface area contributed by atoms with Crippen molar-refractivity contribution in [3.05, 3.63) is 48.3 Å². The van der Waals surface area contributed by atoms with Gasteiger partial charge in [0.1, 0.15) is 11.5 Å². The maximum atomic E-state index is 11.4. The molecule has 0 aliphatic carbocycles. The number of sulfone groups is 1. The molecule has 6 heteroatoms. The molecule has 21 heavy (non-hydrogen) atoms. The summed E-state index contributed by atoms with van der Waals surface area (Å²) in [4.78, 5) is 4.52. The normalized spacial score (nSPS) is 12.9. The molecule has 1 aromatic carbocycles. The first-order valence-electron chi connectivity index (χ1n) is 6.59. The van der Waals surface area contributed by atoms with E-state index in [9.17, 15) is 8.42 Å². The van der Waals surface area contributed by atoms with Gasteiger partial charge in [-0.1, -0.05) is 6.92 Å². The first-order chi connectivity index (χ1) is 9.90. The van der Waals surface area contributed by atoms with E-state index in [0.29, 0.717) is 11.5 Å². The predicted octanol–water partition coefficient (Wildman–Crippen LogP) is 2.69. The maximum Gasteiger partial charge on any atom is 0.175 e. The van der Waals surface area contributed by atoms with E-state index >= 15 is 0 Å². The van der Waals surface area contributed by atoms with Crippen molar-refractivity contribution in [1.82, 2.24) is 4.98 Å². The van der Waals surface area contributed by atoms with Crippen molar-refractivity contribution in [3.8, 4) is 11.5 Å². The molecule has 0 fully saturated rings. The minimum atomic E-state index is -3.19. The second kappa shape index (κ2) is 6.24. The van der Waals surface area contributed by atoms with Crippen molar-refractivity contribution >= 4 is 9.84 Å². The number of ether oxygens (including phenoxy) is 1. The number of pyridine rings is 1. The van der Waals surface area contributed by atoms with E-state index in [1.54, 1.807) is 24.4 Å². The van der Waals surface area contributed by atoms with Gasteiger partial charge in [0, 0.05) is 12.3 Å². The fourth-order valence-electron chi connectivity index (χ4n) is 1.77. The molecule has 1 heterocycles. The summed E-state index contributed by atoms with van der Waals surface area (Å²) in [6, 6.07) is 9.80. The smallest absolute Gasteiger partial charge is 0.175 e. The van der Waals surface area contributed by atoms with Crippen molar-refractivity contribution < 1.29 is 13.2 Å². The van der Waals surface area contributed by atoms with Crippen molar-refractivity contribution in [3.63, 3.8) is 0 Å². The van der Waals surface area contributed by atoms with Crippen LogP contribution < -0.4 is 10.5 Å². The summed E-state index contributed by atoms with van der Waals surface area (Å²) in [6.07, 6.45) is 3.60. The lowest BCUT2D eigenvalue weighted by molar-refractivity contribution is 0.478. The van der Waals surface area contributed by atoms with Crippen molar-refractivity contribution in [2.45, 2.75) is 24.3 Å². The number of benzene rings is 1. The Morgan fingerprint density at radius 2 is 1.76 bits per heavy atom. The van der Waals surface area contributed by atoms with E-state index in [0.717, 1.165) is 12.1 Å². The van der Waals surface area contributed by atoms with Gasteiger partial charge in [-0.25, -0.2) is 8.42 Å². The van der Waals surface area contributed by atoms with Crippen LogP contribution in [0.5, 0.6) is 11.5 Å². The Hall–Kier alpha value is -1.92. The van der Waals surface area contributed by atoms with Crippen LogP contribution in [-0.4, -0.2) is 19.7 Å². The zero-order valence-corrected chi connectivity index (χ0v) is 12.8. The molecular weight excluding hydrogens is 288 g/mol. The van der Waals surface area contributed by atoms with E-state index in [-0.39, 0.29) is 10.9 Å². The third kappa shape index (κ3) is 4.03. The highest BCUT2D eigenvalue weighted by atomic mass is 32.2. The number of rotatable bonds is 5. The zero-order chi connectivity index (χ0) is 15.5. The molecule has 0 saturated heterocycles. The molecule has 0 aliphatic rings. The number of hydrogen-bond donors (Lipinski definition) is 1. The third-order valence-corrected chi connectivity index (χ3v) is 4.20. The second-order valence-electron chi connectivity index (χ2n) is 4.78. The van der Waals surface area contributed by atoms with Gasteiger partial charge in [-0.3, -0.25) is 4.98 Å². The van der Waals surface area contributed by atoms with Crippen molar-refractivity contribution in [2.24, 2.45) is 5.73 Å². The summed E-state index contributed by atoms with van der Waals surface area (Å²) in [7, 11) is -3.19. The van der Waals surface area contributed by atoms with Gasteiger partial charge in [0.05, 0.1) is 16.8 Å². The summed E-state index contributed by atoms with van der Waals surface area (Å²) in [5.74, 6) is 1.13. The van der Waals surface area contributed by atoms with Gasteiger partial charge >= 0.3 is 0 Å². The average Bonchev–Trinajstić information content (AvgIpc) is 2.47. The number of aromatic nitrogens is 1. The molecule has 2 rings (SSSR count). The fourth-order valence-corrected chi connectivity index (χ4v) is 2.40. The van der Waals surface area contributed by atoms with Gasteiger partial charge in [0.2, 0.25) is 0 Å². The van der Waals surface area contributed by atoms with Crippen molar-refractivity contribution in [1.29, 1.82) is 0 Å². The Kier molecular flexibility index (Phi) is 4.59. The molecule has 112 valence electrons. The lowest BCUT2D eigenvalue weighted by Crippen LogP contribution is -2.10. The third-order valence-electron chi connectivity index (χ3n) is 3.07. The molecule has 1 aromatic heterocycles. The van der Waals surface area contributed by atoms with E-state index in [1.807, 2.05) is 13.0 Å². The van der Waals surface area contributed by atoms with Gasteiger partial charge in [-0.2, -0.15) is 0 Å². The Bertz CT molecular complexity index is 695. The summed E-state index contributed by atoms with van der Waals surface area (Å²) in [5.41, 5.74) is 6.71. The topological polar surface area (TPSA) is 82.3 Å². The van der Waals surface area contributed by atoms with Crippen LogP contribution in [0.15, 0.2) is 47.5 Å². The fraction of sp³-hybridized carbons (Fsp3) is 0.267. The Balaban J connectivity index is 2.11. The molecular formula is C15H18N2O3S. The SMILES string of the molecule is CC[C@H](N)c1ccc(Oc2ccc(S(C)(=O)=O)cc2)cn1. The van der Waals surface area contributed by atoms with Gasteiger partial charge < -0.3 is 10.5 Å². The molecule has 0 saturated carbocycles. The molecule has 5 nitrogen and oxygen atoms in total. The van der Waals surface area contributed by atoms with Crippen LogP contribution in [0.2, 0.25) is 0 Å². The van der Waals surface area contributed by atoms with Gasteiger partial charge in [-0.05, 0) is 42.8 Å². The minimum Gasteiger partial charge on any atom is -0.456 e. The summed E-state index contributed by atoms with van der Waals surface area (Å²) < 4.78 is 28.4. The molecule has 1 atom stereocenters. The summed E-state index contributed by atoms with van der Waals surface area (Å²) in [5, 5.41) is 0. The van der Waals surface area contributed by atoms with Gasteiger partial charge in [0.25, 0.3) is 0 Å². The predicted molar refractivity (Wildman–Crippen MR) is 81.1 cm³/mol. The van der Waals surface area contributed by atoms with Gasteiger partial charge in [0.15, 0.2) is 9.84 Å². The molecule has 0 amide bonds. The van der Waals surface area contributed by atoms with E-state index in [1.165, 1.54) is 18.4 Å². The Morgan fingerprint density at radius 3 is 2.24 bits per heavy atom. The minimum absolute atomic E-state index is 0.0758. The number of nitrogens with zero attached hydrogens (tertiary/aromatic N) is 1. The van der Waals surface area contributed by atoms with Crippen LogP contribution >= 0.6 is 0 Å². The second-order valence-corrected chi connectivity index (χ2v) is 6.79. The Morgan fingerprint density at radius 1 is 1.14 bits per heavy atom. The molecule has 0 spiro atoms. The molecule has 2 aromatic rings. The Labute approximate surface area is 124 Å². The first kappa shape index (κ1) is 15.5. The average molecular weight is 306 g/mol. The van der Waals surface area contributed by atoms with Crippen LogP contribution in [0.25, 0.3) is 0 Å². The quantitative estimate of drug-likeness (QED) is 0.918. The highest BCUT2D eigenvalue weighted by molar-refractivity contribution is 7.90. The van der Waals surface area contributed by atoms with E-state index in [4.69, 9.17) is 10.5 Å².